The van der Waals surface area contributed by atoms with Gasteiger partial charge in [0.1, 0.15) is 23.1 Å². The van der Waals surface area contributed by atoms with Crippen LogP contribution < -0.4 is 43.4 Å². The molecule has 13 aromatic rings. The van der Waals surface area contributed by atoms with E-state index in [-0.39, 0.29) is 67.7 Å². The van der Waals surface area contributed by atoms with E-state index in [9.17, 15) is 43.9 Å². The quantitative estimate of drug-likeness (QED) is 0.0375. The van der Waals surface area contributed by atoms with Crippen molar-refractivity contribution in [3.05, 3.63) is 377 Å². The first kappa shape index (κ1) is 106. The molecule has 7 heterocycles. The normalized spacial score (nSPS) is 20.6. The number of anilines is 8. The maximum absolute atomic E-state index is 12.3. The number of carbonyl (C=O) groups excluding carboxylic acids is 6. The van der Waals surface area contributed by atoms with Crippen molar-refractivity contribution in [3.8, 4) is 11.5 Å². The van der Waals surface area contributed by atoms with Crippen LogP contribution in [0.25, 0.3) is 21.8 Å². The van der Waals surface area contributed by atoms with Crippen molar-refractivity contribution in [2.75, 3.05) is 62.0 Å². The second-order valence-electron chi connectivity index (χ2n) is 38.5. The van der Waals surface area contributed by atoms with Gasteiger partial charge in [-0.3, -0.25) is 34.1 Å². The van der Waals surface area contributed by atoms with Crippen molar-refractivity contribution in [2.24, 2.45) is 30.7 Å². The zero-order valence-corrected chi connectivity index (χ0v) is 91.0. The van der Waals surface area contributed by atoms with Gasteiger partial charge in [-0.15, -0.1) is 0 Å². The fourth-order valence-electron chi connectivity index (χ4n) is 24.1. The molecule has 0 radical (unpaired) electrons. The Bertz CT molecular complexity index is 6930. The maximum Gasteiger partial charge on any atom is 0.143 e. The molecule has 25 rings (SSSR count). The summed E-state index contributed by atoms with van der Waals surface area (Å²) in [5.41, 5.74) is 21.9. The predicted octanol–water partition coefficient (Wildman–Crippen LogP) is 23.7. The number of fused-ring (bicyclic) bond motifs is 16. The number of hydrogen-bond acceptors (Lipinski definition) is 21. The topological polar surface area (TPSA) is 266 Å². The first-order valence-corrected chi connectivity index (χ1v) is 62.6. The van der Waals surface area contributed by atoms with Crippen molar-refractivity contribution in [1.29, 1.82) is 0 Å². The number of nitrogens with zero attached hydrogens (tertiary/aromatic N) is 5. The Hall–Kier alpha value is -11.5. The summed E-state index contributed by atoms with van der Waals surface area (Å²) in [5.74, 6) is -0.279. The van der Waals surface area contributed by atoms with Crippen LogP contribution in [0.4, 0.5) is 45.5 Å². The molecule has 12 aliphatic rings. The van der Waals surface area contributed by atoms with Gasteiger partial charge >= 0.3 is 62.4 Å². The number of aromatic nitrogens is 1. The third-order valence-electron chi connectivity index (χ3n) is 30.8. The molecule has 1 aromatic heterocycles. The molecule has 2 saturated carbocycles. The Kier molecular flexibility index (Phi) is 33.1. The number of methoxy groups -OCH3 is 2. The summed E-state index contributed by atoms with van der Waals surface area (Å²) in [4.78, 5) is 118. The second-order valence-corrected chi connectivity index (χ2v) is 55.6. The molecule has 2 spiro atoms. The van der Waals surface area contributed by atoms with Gasteiger partial charge in [-0.05, 0) is 230 Å². The first-order valence-electron chi connectivity index (χ1n) is 49.3. The van der Waals surface area contributed by atoms with E-state index in [1.54, 1.807) is 67.5 Å². The number of hydrogen-bond donors (Lipinski definition) is 2. The molecule has 27 heteroatoms. The molecular weight excluding hydrogens is 2220 g/mol. The zero-order valence-electron chi connectivity index (χ0n) is 83.0. The molecule has 4 fully saturated rings. The second kappa shape index (κ2) is 45.7. The smallest absolute Gasteiger partial charge is 0.143 e. The first-order chi connectivity index (χ1) is 70.6. The molecule has 146 heavy (non-hydrogen) atoms. The van der Waals surface area contributed by atoms with E-state index in [0.717, 1.165) is 145 Å². The monoisotopic (exact) mass is 2340 g/mol. The third-order valence-corrected chi connectivity index (χ3v) is 31.5. The molecular formula is C119H116Cl2I3N5O17-2. The molecule has 0 amide bonds. The van der Waals surface area contributed by atoms with Crippen molar-refractivity contribution < 1.29 is 91.4 Å². The number of ketones is 4. The van der Waals surface area contributed by atoms with Gasteiger partial charge in [-0.2, -0.15) is 9.78 Å². The number of benzene rings is 12. The Morgan fingerprint density at radius 2 is 0.884 bits per heavy atom. The predicted molar refractivity (Wildman–Crippen MR) is 583 cm³/mol. The molecule has 6 atom stereocenters. The summed E-state index contributed by atoms with van der Waals surface area (Å²) in [6, 6.07) is 87.5. The van der Waals surface area contributed by atoms with Crippen molar-refractivity contribution in [3.63, 3.8) is 0 Å². The summed E-state index contributed by atoms with van der Waals surface area (Å²) < 4.78 is 12.5. The Labute approximate surface area is 890 Å². The largest absolute Gasteiger partial charge is 0.299 e. The van der Waals surface area contributed by atoms with Crippen molar-refractivity contribution >= 4 is 163 Å². The number of allylic oxidation sites excluding steroid dienone is 3. The maximum atomic E-state index is 12.3. The van der Waals surface area contributed by atoms with E-state index in [2.05, 4.69) is 90.4 Å². The van der Waals surface area contributed by atoms with Crippen molar-refractivity contribution in [2.45, 2.75) is 158 Å². The van der Waals surface area contributed by atoms with Crippen molar-refractivity contribution in [1.82, 2.24) is 4.57 Å². The van der Waals surface area contributed by atoms with E-state index in [0.29, 0.717) is 53.8 Å². The molecule has 756 valence electrons. The van der Waals surface area contributed by atoms with E-state index in [4.69, 9.17) is 52.6 Å². The van der Waals surface area contributed by atoms with E-state index >= 15 is 0 Å². The van der Waals surface area contributed by atoms with Gasteiger partial charge in [0.25, 0.3) is 11.4 Å². The van der Waals surface area contributed by atoms with E-state index < -0.39 is 28.6 Å². The van der Waals surface area contributed by atoms with Gasteiger partial charge in [-0.25, -0.2) is 19.4 Å². The van der Waals surface area contributed by atoms with Crippen LogP contribution in [0.2, 0.25) is 10.0 Å². The average molecular weight is 2340 g/mol. The van der Waals surface area contributed by atoms with E-state index in [1.165, 1.54) is 96.4 Å². The van der Waals surface area contributed by atoms with Crippen LogP contribution in [0.5, 0.6) is 11.5 Å². The summed E-state index contributed by atoms with van der Waals surface area (Å²) >= 11 is 16.8. The summed E-state index contributed by atoms with van der Waals surface area (Å²) in [5, 5.41) is 32.8. The number of Topliss-reactive ketones (excluding diaryl/α,β-unsaturated/α-hetero) is 4. The number of esters is 1. The van der Waals surface area contributed by atoms with Crippen LogP contribution in [-0.4, -0.2) is 98.0 Å². The molecule has 4 bridgehead atoms. The fraction of sp³-hybridized carbons (Fsp3) is 0.303. The van der Waals surface area contributed by atoms with Gasteiger partial charge < -0.3 is 43.9 Å². The standard InChI is InChI=1S/C21H25ClO4.C16H15NO3.2C16H15NO.C15H11NO3.C14H11NO.C13H18O.C8H7ClO3.I3/c1-24-21(15-9-10-18(22)19(23)12-15)20(25-26-21)14-6-4-8-17(20)16-7-3-2-5-13(16)11-14;1-11(18)16(20-19)12-7-3-5-9-14(12)17(2)15-10-6-4-8-13(15)16;2*1-11(18)16-12-7-3-5-9-14(12)17(2)15-10-6-4-8-13(15)16;1-16-12-8-4-2-6-10(12)15(14(17)18-19-15)11-7-3-5-9-13(11)16;1-15-12-8-4-2-6-10(12)14(16)11-7-3-5-9-13(11)15;14-13-10-5-3-7-12(13)11-6-2-1-4-9(11)8-10;1-12-8(11)5-2-3-6(9)7(10)4-5;1-3-2/h9-10,12,14,17,23H,2-8,11H2,1H3;3-10,19H,1-2H3;2*3-10,16H,1-2H3;2-9H,1H3;2-9H,1H3;10,12H,1-8H2;2-4,10H,1H3;/q;;;;;;;;-1/p-1. The Balaban J connectivity index is 0.000000115. The van der Waals surface area contributed by atoms with Gasteiger partial charge in [-0.1, -0.05) is 246 Å². The molecule has 6 unspecified atom stereocenters. The van der Waals surface area contributed by atoms with E-state index in [1.807, 2.05) is 252 Å². The fourth-order valence-corrected chi connectivity index (χ4v) is 24.3. The number of ether oxygens (including phenoxy) is 2. The number of carbonyl (C=O) groups is 6. The van der Waals surface area contributed by atoms with Crippen LogP contribution in [0, 0.1) is 23.7 Å². The van der Waals surface area contributed by atoms with Crippen LogP contribution in [0.15, 0.2) is 306 Å². The minimum atomic E-state index is -1.46. The Morgan fingerprint density at radius 3 is 1.31 bits per heavy atom. The number of phenols is 1. The molecule has 6 aliphatic heterocycles. The minimum Gasteiger partial charge on any atom is -0.299 e. The molecule has 2 saturated heterocycles. The number of para-hydroxylation sites is 10. The summed E-state index contributed by atoms with van der Waals surface area (Å²) in [7, 11) is 12.9. The number of pyridine rings is 1. The molecule has 12 aromatic carbocycles. The number of rotatable bonds is 7. The van der Waals surface area contributed by atoms with Crippen LogP contribution in [0.3, 0.4) is 0 Å². The zero-order chi connectivity index (χ0) is 103. The van der Waals surface area contributed by atoms with Crippen LogP contribution in [0.1, 0.15) is 196 Å². The number of aryl methyl sites for hydroxylation is 1. The molecule has 2 N–H and O–H groups in total. The number of aromatic hydroxyl groups is 1. The van der Waals surface area contributed by atoms with Gasteiger partial charge in [0.15, 0.2) is 16.8 Å². The SMILES string of the molecule is CC(=O)C1(OO)c2ccccc2N(C)c2ccccc21.CC(=O)C1c2ccccc2N(C)c2ccccc21.CC(=O)C1c2ccccc2N(C)c2ccccc21.CN1c2ccccc2C2(OOC2=O)c2ccccc21.COC(=O)c1ccc(Cl)c(O)c1.COC1(c2ccc(Cl)c([O-])c2)OOC12C1CCCC2C2=C(CCCC2)C1.Cn1c2ccccc2c(=O)c2ccccc21.I[I-]I.O=C1C2CCCC1C1=C(CCCC1)C2. The molecule has 22 nitrogen and oxygen atoms in total. The Morgan fingerprint density at radius 1 is 0.466 bits per heavy atom. The van der Waals surface area contributed by atoms with Gasteiger partial charge in [0.05, 0.1) is 40.6 Å². The van der Waals surface area contributed by atoms with Crippen LogP contribution in [-0.2, 0) is 81.9 Å². The third kappa shape index (κ3) is 19.5. The summed E-state index contributed by atoms with van der Waals surface area (Å²) in [6.45, 7) is 4.77. The minimum absolute atomic E-state index is 0.115. The average Bonchev–Trinajstić information content (AvgIpc) is 0.666. The number of halogens is 5. The summed E-state index contributed by atoms with van der Waals surface area (Å²) in [6.07, 6.45) is 19.4. The van der Waals surface area contributed by atoms with Gasteiger partial charge in [0.2, 0.25) is 5.60 Å². The molecule has 6 aliphatic carbocycles. The van der Waals surface area contributed by atoms with Gasteiger partial charge in [0, 0.05) is 155 Å². The van der Waals surface area contributed by atoms with Crippen LogP contribution >= 0.6 is 60.4 Å². The number of phenolic OH excluding ortho intramolecular Hbond substituents is 1.